The number of hydrogen-bond acceptors (Lipinski definition) is 3. The molecule has 1 aromatic rings. The summed E-state index contributed by atoms with van der Waals surface area (Å²) in [6, 6.07) is 7.56. The van der Waals surface area contributed by atoms with E-state index in [1.54, 1.807) is 6.08 Å². The van der Waals surface area contributed by atoms with Crippen LogP contribution in [-0.4, -0.2) is 12.2 Å². The molecular formula is C11H9NO2. The lowest BCUT2D eigenvalue weighted by atomic mass is 10.1. The molecule has 0 aliphatic carbocycles. The largest absolute Gasteiger partial charge is 0.431 e. The summed E-state index contributed by atoms with van der Waals surface area (Å²) in [5.74, 6) is -0.386. The van der Waals surface area contributed by atoms with Crippen LogP contribution in [0, 0.1) is 0 Å². The molecule has 0 spiro atoms. The Hall–Kier alpha value is -1.90. The van der Waals surface area contributed by atoms with E-state index < -0.39 is 6.23 Å². The Labute approximate surface area is 81.7 Å². The molecule has 0 saturated carbocycles. The van der Waals surface area contributed by atoms with E-state index in [0.717, 1.165) is 11.1 Å². The fourth-order valence-electron chi connectivity index (χ4n) is 1.25. The van der Waals surface area contributed by atoms with Crippen molar-refractivity contribution in [3.8, 4) is 0 Å². The van der Waals surface area contributed by atoms with Gasteiger partial charge >= 0.3 is 5.97 Å². The van der Waals surface area contributed by atoms with Gasteiger partial charge in [0.25, 0.3) is 0 Å². The summed E-state index contributed by atoms with van der Waals surface area (Å²) in [7, 11) is 0. The average Bonchev–Trinajstić information content (AvgIpc) is 2.65. The molecule has 1 aromatic carbocycles. The van der Waals surface area contributed by atoms with Gasteiger partial charge in [0.1, 0.15) is 6.21 Å². The third-order valence-corrected chi connectivity index (χ3v) is 2.00. The van der Waals surface area contributed by atoms with Crippen molar-refractivity contribution in [2.75, 3.05) is 0 Å². The summed E-state index contributed by atoms with van der Waals surface area (Å²) in [6.07, 6.45) is 2.49. The van der Waals surface area contributed by atoms with Crippen LogP contribution in [0.15, 0.2) is 35.8 Å². The molecule has 0 N–H and O–H groups in total. The van der Waals surface area contributed by atoms with Crippen LogP contribution in [0.2, 0.25) is 0 Å². The zero-order valence-electron chi connectivity index (χ0n) is 7.51. The van der Waals surface area contributed by atoms with Gasteiger partial charge in [-0.3, -0.25) is 0 Å². The number of aliphatic imine (C=N–C) groups is 1. The highest BCUT2D eigenvalue weighted by Gasteiger charge is 2.19. The van der Waals surface area contributed by atoms with Crippen molar-refractivity contribution in [2.45, 2.75) is 6.23 Å². The molecule has 0 radical (unpaired) electrons. The fourth-order valence-corrected chi connectivity index (χ4v) is 1.25. The molecule has 1 atom stereocenters. The smallest absolute Gasteiger partial charge is 0.351 e. The zero-order chi connectivity index (χ0) is 9.97. The van der Waals surface area contributed by atoms with Crippen LogP contribution in [0.1, 0.15) is 17.4 Å². The standard InChI is InChI=1S/C11H9NO2/c1-2-8-3-5-9(6-4-8)11-12-7-10(13)14-11/h2-7,11H,1H2. The van der Waals surface area contributed by atoms with Crippen LogP contribution in [0.4, 0.5) is 0 Å². The predicted molar refractivity (Wildman–Crippen MR) is 53.9 cm³/mol. The van der Waals surface area contributed by atoms with Gasteiger partial charge in [-0.05, 0) is 5.56 Å². The number of ether oxygens (including phenoxy) is 1. The number of carbonyl (C=O) groups excluding carboxylic acids is 1. The van der Waals surface area contributed by atoms with Crippen LogP contribution in [0.3, 0.4) is 0 Å². The lowest BCUT2D eigenvalue weighted by Gasteiger charge is -2.06. The maximum Gasteiger partial charge on any atom is 0.351 e. The van der Waals surface area contributed by atoms with Gasteiger partial charge in [0, 0.05) is 5.56 Å². The van der Waals surface area contributed by atoms with E-state index in [-0.39, 0.29) is 5.97 Å². The first-order valence-electron chi connectivity index (χ1n) is 4.26. The molecule has 0 aromatic heterocycles. The summed E-state index contributed by atoms with van der Waals surface area (Å²) in [5, 5.41) is 0. The number of nitrogens with zero attached hydrogens (tertiary/aromatic N) is 1. The van der Waals surface area contributed by atoms with Gasteiger partial charge in [0.15, 0.2) is 0 Å². The molecule has 70 valence electrons. The Bertz CT molecular complexity index is 392. The molecule has 1 aliphatic heterocycles. The van der Waals surface area contributed by atoms with Gasteiger partial charge in [-0.2, -0.15) is 0 Å². The summed E-state index contributed by atoms with van der Waals surface area (Å²) < 4.78 is 4.93. The molecule has 0 saturated heterocycles. The molecular weight excluding hydrogens is 178 g/mol. The molecule has 3 nitrogen and oxygen atoms in total. The lowest BCUT2D eigenvalue weighted by Crippen LogP contribution is -2.00. The maximum absolute atomic E-state index is 10.8. The van der Waals surface area contributed by atoms with Crippen LogP contribution >= 0.6 is 0 Å². The van der Waals surface area contributed by atoms with E-state index >= 15 is 0 Å². The van der Waals surface area contributed by atoms with E-state index in [2.05, 4.69) is 11.6 Å². The Morgan fingerprint density at radius 3 is 2.57 bits per heavy atom. The molecule has 1 heterocycles. The van der Waals surface area contributed by atoms with Crippen LogP contribution in [0.5, 0.6) is 0 Å². The SMILES string of the molecule is C=Cc1ccc(C2N=CC(=O)O2)cc1. The number of cyclic esters (lactones) is 1. The first kappa shape index (κ1) is 8.69. The second-order valence-corrected chi connectivity index (χ2v) is 2.94. The van der Waals surface area contributed by atoms with Crippen molar-refractivity contribution in [3.63, 3.8) is 0 Å². The molecule has 2 rings (SSSR count). The molecule has 1 unspecified atom stereocenters. The molecule has 0 fully saturated rings. The number of esters is 1. The molecule has 3 heteroatoms. The molecule has 1 aliphatic rings. The van der Waals surface area contributed by atoms with Gasteiger partial charge in [0.05, 0.1) is 0 Å². The Kier molecular flexibility index (Phi) is 2.14. The van der Waals surface area contributed by atoms with Crippen LogP contribution < -0.4 is 0 Å². The van der Waals surface area contributed by atoms with Crippen molar-refractivity contribution in [3.05, 3.63) is 42.0 Å². The van der Waals surface area contributed by atoms with Crippen molar-refractivity contribution in [2.24, 2.45) is 4.99 Å². The van der Waals surface area contributed by atoms with Gasteiger partial charge in [-0.1, -0.05) is 36.9 Å². The normalized spacial score (nSPS) is 19.4. The van der Waals surface area contributed by atoms with E-state index in [1.165, 1.54) is 6.21 Å². The van der Waals surface area contributed by atoms with Crippen LogP contribution in [0.25, 0.3) is 6.08 Å². The number of rotatable bonds is 2. The summed E-state index contributed by atoms with van der Waals surface area (Å²) in [5.41, 5.74) is 1.90. The second kappa shape index (κ2) is 3.46. The van der Waals surface area contributed by atoms with E-state index in [0.29, 0.717) is 0 Å². The van der Waals surface area contributed by atoms with Gasteiger partial charge < -0.3 is 4.74 Å². The molecule has 0 bridgehead atoms. The third-order valence-electron chi connectivity index (χ3n) is 2.00. The quantitative estimate of drug-likeness (QED) is 0.664. The van der Waals surface area contributed by atoms with Crippen molar-refractivity contribution in [1.29, 1.82) is 0 Å². The van der Waals surface area contributed by atoms with Crippen molar-refractivity contribution >= 4 is 18.3 Å². The highest BCUT2D eigenvalue weighted by molar-refractivity contribution is 6.24. The monoisotopic (exact) mass is 187 g/mol. The second-order valence-electron chi connectivity index (χ2n) is 2.94. The summed E-state index contributed by atoms with van der Waals surface area (Å²) in [6.45, 7) is 3.66. The lowest BCUT2D eigenvalue weighted by molar-refractivity contribution is -0.137. The molecule has 14 heavy (non-hydrogen) atoms. The zero-order valence-corrected chi connectivity index (χ0v) is 7.51. The van der Waals surface area contributed by atoms with Crippen molar-refractivity contribution in [1.82, 2.24) is 0 Å². The van der Waals surface area contributed by atoms with E-state index in [1.807, 2.05) is 24.3 Å². The number of carbonyl (C=O) groups is 1. The van der Waals surface area contributed by atoms with Crippen LogP contribution in [-0.2, 0) is 9.53 Å². The average molecular weight is 187 g/mol. The van der Waals surface area contributed by atoms with E-state index in [4.69, 9.17) is 4.74 Å². The highest BCUT2D eigenvalue weighted by atomic mass is 16.6. The first-order valence-corrected chi connectivity index (χ1v) is 4.26. The predicted octanol–water partition coefficient (Wildman–Crippen LogP) is 1.96. The highest BCUT2D eigenvalue weighted by Crippen LogP contribution is 2.22. The Morgan fingerprint density at radius 1 is 1.36 bits per heavy atom. The van der Waals surface area contributed by atoms with Gasteiger partial charge in [-0.25, -0.2) is 9.79 Å². The first-order chi connectivity index (χ1) is 6.79. The Balaban J connectivity index is 2.21. The minimum atomic E-state index is -0.471. The number of benzene rings is 1. The molecule has 0 amide bonds. The maximum atomic E-state index is 10.8. The number of hydrogen-bond donors (Lipinski definition) is 0. The minimum Gasteiger partial charge on any atom is -0.431 e. The summed E-state index contributed by atoms with van der Waals surface area (Å²) in [4.78, 5) is 14.7. The van der Waals surface area contributed by atoms with Crippen molar-refractivity contribution < 1.29 is 9.53 Å². The van der Waals surface area contributed by atoms with Gasteiger partial charge in [0.2, 0.25) is 6.23 Å². The topological polar surface area (TPSA) is 38.7 Å². The Morgan fingerprint density at radius 2 is 2.07 bits per heavy atom. The third kappa shape index (κ3) is 1.57. The fraction of sp³-hybridized carbons (Fsp3) is 0.0909. The minimum absolute atomic E-state index is 0.386. The van der Waals surface area contributed by atoms with E-state index in [9.17, 15) is 4.79 Å². The van der Waals surface area contributed by atoms with Gasteiger partial charge in [-0.15, -0.1) is 0 Å². The summed E-state index contributed by atoms with van der Waals surface area (Å²) >= 11 is 0.